The highest BCUT2D eigenvalue weighted by Gasteiger charge is 2.29. The summed E-state index contributed by atoms with van der Waals surface area (Å²) in [7, 11) is 0. The van der Waals surface area contributed by atoms with E-state index in [2.05, 4.69) is 46.7 Å². The lowest BCUT2D eigenvalue weighted by Crippen LogP contribution is -2.41. The number of carbonyl (C=O) groups excluding carboxylic acids is 1. The third-order valence-corrected chi connectivity index (χ3v) is 6.52. The summed E-state index contributed by atoms with van der Waals surface area (Å²) in [6.07, 6.45) is 5.20. The van der Waals surface area contributed by atoms with Gasteiger partial charge in [0.1, 0.15) is 35.8 Å². The van der Waals surface area contributed by atoms with E-state index in [1.807, 2.05) is 36.5 Å². The maximum absolute atomic E-state index is 12.4. The third kappa shape index (κ3) is 4.76. The lowest BCUT2D eigenvalue weighted by Gasteiger charge is -2.33. The van der Waals surface area contributed by atoms with Gasteiger partial charge in [0, 0.05) is 25.3 Å². The Morgan fingerprint density at radius 3 is 2.63 bits per heavy atom. The first-order chi connectivity index (χ1) is 16.7. The Morgan fingerprint density at radius 1 is 1.14 bits per heavy atom. The highest BCUT2D eigenvalue weighted by Crippen LogP contribution is 2.38. The molecule has 186 valence electrons. The molecule has 2 aliphatic rings. The number of ether oxygens (including phenoxy) is 2. The largest absolute Gasteiger partial charge is 0.491 e. The van der Waals surface area contributed by atoms with Crippen LogP contribution in [0.25, 0.3) is 22.9 Å². The van der Waals surface area contributed by atoms with Gasteiger partial charge in [0.2, 0.25) is 0 Å². The van der Waals surface area contributed by atoms with Crippen LogP contribution < -0.4 is 4.74 Å². The second-order valence-corrected chi connectivity index (χ2v) is 10.6. The summed E-state index contributed by atoms with van der Waals surface area (Å²) in [4.78, 5) is 23.6. The Labute approximate surface area is 206 Å². The maximum atomic E-state index is 12.4. The minimum Gasteiger partial charge on any atom is -0.491 e. The number of amides is 1. The lowest BCUT2D eigenvalue weighted by molar-refractivity contribution is 0.0204. The fraction of sp³-hybridized carbons (Fsp3) is 0.538. The average molecular weight is 479 g/mol. The molecule has 4 heterocycles. The van der Waals surface area contributed by atoms with E-state index in [4.69, 9.17) is 14.5 Å². The van der Waals surface area contributed by atoms with Gasteiger partial charge in [-0.3, -0.25) is 0 Å². The van der Waals surface area contributed by atoms with E-state index >= 15 is 0 Å². The SMILES string of the molecule is CC(C)n1ncnc1-c1cn2c(n1)-c1ccc(C3CCN(C(=O)OC(C)(C)C)CC3)cc1OCC2. The number of piperidine rings is 1. The van der Waals surface area contributed by atoms with Crippen LogP contribution in [0.1, 0.15) is 65.0 Å². The zero-order valence-corrected chi connectivity index (χ0v) is 21.2. The normalized spacial score (nSPS) is 16.5. The van der Waals surface area contributed by atoms with Gasteiger partial charge in [-0.2, -0.15) is 5.10 Å². The van der Waals surface area contributed by atoms with Crippen molar-refractivity contribution in [3.05, 3.63) is 36.3 Å². The number of hydrogen-bond acceptors (Lipinski definition) is 6. The van der Waals surface area contributed by atoms with Crippen LogP contribution in [0.15, 0.2) is 30.7 Å². The molecule has 0 bridgehead atoms. The van der Waals surface area contributed by atoms with Crippen molar-refractivity contribution in [1.82, 2.24) is 29.2 Å². The van der Waals surface area contributed by atoms with Crippen LogP contribution in [-0.4, -0.2) is 60.6 Å². The molecule has 1 aromatic carbocycles. The van der Waals surface area contributed by atoms with Crippen LogP contribution in [0.4, 0.5) is 4.79 Å². The molecule has 0 atom stereocenters. The fourth-order valence-corrected chi connectivity index (χ4v) is 4.79. The van der Waals surface area contributed by atoms with E-state index in [-0.39, 0.29) is 12.1 Å². The summed E-state index contributed by atoms with van der Waals surface area (Å²) < 4.78 is 15.7. The Morgan fingerprint density at radius 2 is 1.91 bits per heavy atom. The topological polar surface area (TPSA) is 87.3 Å². The van der Waals surface area contributed by atoms with E-state index in [9.17, 15) is 4.79 Å². The minimum absolute atomic E-state index is 0.203. The molecule has 0 unspecified atom stereocenters. The Kier molecular flexibility index (Phi) is 6.02. The van der Waals surface area contributed by atoms with Gasteiger partial charge in [-0.05, 0) is 71.1 Å². The molecule has 2 aromatic heterocycles. The maximum Gasteiger partial charge on any atom is 0.410 e. The molecule has 2 aliphatic heterocycles. The zero-order valence-electron chi connectivity index (χ0n) is 21.2. The van der Waals surface area contributed by atoms with E-state index in [0.717, 1.165) is 48.0 Å². The standard InChI is InChI=1S/C26H34N6O3/c1-17(2)32-24(27-16-28-32)21-15-31-12-13-34-22-14-19(6-7-20(22)23(31)29-21)18-8-10-30(11-9-18)25(33)35-26(3,4)5/h6-7,14-18H,8-13H2,1-5H3. The number of benzene rings is 1. The highest BCUT2D eigenvalue weighted by molar-refractivity contribution is 5.69. The smallest absolute Gasteiger partial charge is 0.410 e. The van der Waals surface area contributed by atoms with E-state index in [0.29, 0.717) is 25.6 Å². The van der Waals surface area contributed by atoms with E-state index in [1.54, 1.807) is 6.33 Å². The molecule has 0 spiro atoms. The summed E-state index contributed by atoms with van der Waals surface area (Å²) in [6.45, 7) is 12.6. The van der Waals surface area contributed by atoms with Crippen LogP contribution in [-0.2, 0) is 11.3 Å². The number of likely N-dealkylation sites (tertiary alicyclic amines) is 1. The van der Waals surface area contributed by atoms with Crippen LogP contribution in [0, 0.1) is 0 Å². The molecule has 5 rings (SSSR count). The number of imidazole rings is 1. The van der Waals surface area contributed by atoms with Crippen molar-refractivity contribution in [2.24, 2.45) is 0 Å². The first-order valence-corrected chi connectivity index (χ1v) is 12.4. The minimum atomic E-state index is -0.474. The van der Waals surface area contributed by atoms with Gasteiger partial charge in [0.05, 0.1) is 12.1 Å². The van der Waals surface area contributed by atoms with Gasteiger partial charge in [-0.15, -0.1) is 0 Å². The molecule has 0 radical (unpaired) electrons. The number of fused-ring (bicyclic) bond motifs is 3. The molecule has 0 aliphatic carbocycles. The fourth-order valence-electron chi connectivity index (χ4n) is 4.79. The molecule has 35 heavy (non-hydrogen) atoms. The molecule has 0 saturated carbocycles. The molecule has 1 amide bonds. The van der Waals surface area contributed by atoms with Gasteiger partial charge in [-0.25, -0.2) is 19.4 Å². The first kappa shape index (κ1) is 23.4. The molecule has 0 N–H and O–H groups in total. The van der Waals surface area contributed by atoms with E-state index in [1.165, 1.54) is 5.56 Å². The molecule has 9 heteroatoms. The number of aromatic nitrogens is 5. The summed E-state index contributed by atoms with van der Waals surface area (Å²) in [5.74, 6) is 2.90. The van der Waals surface area contributed by atoms with Crippen LogP contribution in [0.2, 0.25) is 0 Å². The number of rotatable bonds is 3. The van der Waals surface area contributed by atoms with Gasteiger partial charge in [-0.1, -0.05) is 6.07 Å². The van der Waals surface area contributed by atoms with Crippen molar-refractivity contribution < 1.29 is 14.3 Å². The Balaban J connectivity index is 1.35. The van der Waals surface area contributed by atoms with Gasteiger partial charge in [0.25, 0.3) is 0 Å². The lowest BCUT2D eigenvalue weighted by atomic mass is 9.89. The van der Waals surface area contributed by atoms with E-state index < -0.39 is 5.60 Å². The summed E-state index contributed by atoms with van der Waals surface area (Å²) in [5, 5.41) is 4.36. The van der Waals surface area contributed by atoms with Crippen LogP contribution in [0.3, 0.4) is 0 Å². The van der Waals surface area contributed by atoms with Crippen molar-refractivity contribution in [3.8, 4) is 28.7 Å². The monoisotopic (exact) mass is 478 g/mol. The van der Waals surface area contributed by atoms with Gasteiger partial charge >= 0.3 is 6.09 Å². The van der Waals surface area contributed by atoms with Crippen molar-refractivity contribution in [3.63, 3.8) is 0 Å². The summed E-state index contributed by atoms with van der Waals surface area (Å²) in [5.41, 5.74) is 2.57. The molecular formula is C26H34N6O3. The molecule has 9 nitrogen and oxygen atoms in total. The van der Waals surface area contributed by atoms with Crippen molar-refractivity contribution >= 4 is 6.09 Å². The molecule has 3 aromatic rings. The molecule has 1 fully saturated rings. The number of carbonyl (C=O) groups is 1. The predicted octanol–water partition coefficient (Wildman–Crippen LogP) is 4.90. The summed E-state index contributed by atoms with van der Waals surface area (Å²) in [6, 6.07) is 6.65. The molecule has 1 saturated heterocycles. The van der Waals surface area contributed by atoms with Crippen LogP contribution in [0.5, 0.6) is 5.75 Å². The van der Waals surface area contributed by atoms with Gasteiger partial charge in [0.15, 0.2) is 5.82 Å². The second kappa shape index (κ2) is 9.02. The van der Waals surface area contributed by atoms with Crippen molar-refractivity contribution in [2.75, 3.05) is 19.7 Å². The number of nitrogens with zero attached hydrogens (tertiary/aromatic N) is 6. The summed E-state index contributed by atoms with van der Waals surface area (Å²) >= 11 is 0. The quantitative estimate of drug-likeness (QED) is 0.532. The zero-order chi connectivity index (χ0) is 24.7. The van der Waals surface area contributed by atoms with Crippen molar-refractivity contribution in [1.29, 1.82) is 0 Å². The Hall–Kier alpha value is -3.36. The molecular weight excluding hydrogens is 444 g/mol. The van der Waals surface area contributed by atoms with Crippen LogP contribution >= 0.6 is 0 Å². The predicted molar refractivity (Wildman–Crippen MR) is 132 cm³/mol. The Bertz CT molecular complexity index is 1210. The van der Waals surface area contributed by atoms with Gasteiger partial charge < -0.3 is 18.9 Å². The highest BCUT2D eigenvalue weighted by atomic mass is 16.6. The average Bonchev–Trinajstić information content (AvgIpc) is 3.42. The first-order valence-electron chi connectivity index (χ1n) is 12.4. The van der Waals surface area contributed by atoms with Crippen molar-refractivity contribution in [2.45, 2.75) is 71.6 Å². The third-order valence-electron chi connectivity index (χ3n) is 6.52. The number of hydrogen-bond donors (Lipinski definition) is 0. The second-order valence-electron chi connectivity index (χ2n) is 10.6.